The van der Waals surface area contributed by atoms with E-state index in [-0.39, 0.29) is 0 Å². The first-order chi connectivity index (χ1) is 5.45. The summed E-state index contributed by atoms with van der Waals surface area (Å²) in [6.07, 6.45) is 0. The Kier molecular flexibility index (Phi) is 2.10. The van der Waals surface area contributed by atoms with Crippen LogP contribution in [0.3, 0.4) is 0 Å². The van der Waals surface area contributed by atoms with Gasteiger partial charge in [0.2, 0.25) is 0 Å². The quantitative estimate of drug-likeness (QED) is 0.586. The predicted molar refractivity (Wildman–Crippen MR) is 36.5 cm³/mol. The fourth-order valence-corrected chi connectivity index (χ4v) is 1.59. The van der Waals surface area contributed by atoms with E-state index in [0.717, 1.165) is 13.1 Å². The molecule has 0 fully saturated rings. The second-order valence-electron chi connectivity index (χ2n) is 1.98. The molecular weight excluding hydrogens is 196 g/mol. The number of nitrogens with zero attached hydrogens (tertiary/aromatic N) is 2. The van der Waals surface area contributed by atoms with Crippen LogP contribution in [0.5, 0.6) is 0 Å². The van der Waals surface area contributed by atoms with Gasteiger partial charge in [0.25, 0.3) is 0 Å². The van der Waals surface area contributed by atoms with E-state index in [1.54, 1.807) is 0 Å². The molecule has 0 amide bonds. The van der Waals surface area contributed by atoms with Crippen molar-refractivity contribution in [3.63, 3.8) is 0 Å². The Morgan fingerprint density at radius 3 is 1.91 bits per heavy atom. The zero-order chi connectivity index (χ0) is 7.52. The topological polar surface area (TPSA) is 43.2 Å². The van der Waals surface area contributed by atoms with E-state index in [1.165, 1.54) is 15.0 Å². The first kappa shape index (κ1) is 7.13. The molecule has 2 heterocycles. The Morgan fingerprint density at radius 2 is 1.55 bits per heavy atom. The second kappa shape index (κ2) is 3.24. The van der Waals surface area contributed by atoms with Gasteiger partial charge in [-0.3, -0.25) is 0 Å². The van der Waals surface area contributed by atoms with Crippen molar-refractivity contribution in [1.29, 1.82) is 0 Å². The summed E-state index contributed by atoms with van der Waals surface area (Å²) in [4.78, 5) is 9.53. The summed E-state index contributed by atoms with van der Waals surface area (Å²) < 4.78 is 10.3. The van der Waals surface area contributed by atoms with Gasteiger partial charge in [-0.2, -0.15) is 0 Å². The molecule has 0 aromatic heterocycles. The van der Waals surface area contributed by atoms with E-state index in [4.69, 9.17) is 9.47 Å². The van der Waals surface area contributed by atoms with Crippen molar-refractivity contribution in [2.45, 2.75) is 0 Å². The summed E-state index contributed by atoms with van der Waals surface area (Å²) >= 11 is 1.46. The normalized spacial score (nSPS) is 22.5. The van der Waals surface area contributed by atoms with E-state index >= 15 is 0 Å². The van der Waals surface area contributed by atoms with Crippen molar-refractivity contribution >= 4 is 9.59 Å². The monoisotopic (exact) mass is 203 g/mol. The Morgan fingerprint density at radius 1 is 1.00 bits per heavy atom. The Balaban J connectivity index is 1.89. The molecule has 0 bridgehead atoms. The average Bonchev–Trinajstić information content (AvgIpc) is 2.60. The summed E-state index contributed by atoms with van der Waals surface area (Å²) in [7, 11) is 0. The SMILES string of the molecule is C1CO[C]([Cu][C]2=NCCO2)=N1. The van der Waals surface area contributed by atoms with Gasteiger partial charge in [0.15, 0.2) is 0 Å². The van der Waals surface area contributed by atoms with Crippen molar-refractivity contribution in [3.8, 4) is 0 Å². The Bertz CT molecular complexity index is 193. The third kappa shape index (κ3) is 1.73. The number of hydrogen-bond acceptors (Lipinski definition) is 4. The van der Waals surface area contributed by atoms with Crippen molar-refractivity contribution in [2.75, 3.05) is 26.3 Å². The van der Waals surface area contributed by atoms with Gasteiger partial charge in [0.1, 0.15) is 0 Å². The molecule has 11 heavy (non-hydrogen) atoms. The molecule has 0 atom stereocenters. The van der Waals surface area contributed by atoms with Crippen LogP contribution in [0.2, 0.25) is 0 Å². The van der Waals surface area contributed by atoms with Crippen LogP contribution in [0.15, 0.2) is 9.98 Å². The van der Waals surface area contributed by atoms with Crippen molar-refractivity contribution in [2.24, 2.45) is 9.98 Å². The van der Waals surface area contributed by atoms with Crippen molar-refractivity contribution in [1.82, 2.24) is 0 Å². The van der Waals surface area contributed by atoms with E-state index < -0.39 is 0 Å². The Labute approximate surface area is 70.9 Å². The summed E-state index contributed by atoms with van der Waals surface area (Å²) in [5.41, 5.74) is 0. The minimum absolute atomic E-state index is 0.675. The molecule has 0 radical (unpaired) electrons. The van der Waals surface area contributed by atoms with Crippen LogP contribution in [0.4, 0.5) is 0 Å². The van der Waals surface area contributed by atoms with Gasteiger partial charge in [0.05, 0.1) is 0 Å². The molecule has 0 aliphatic carbocycles. The zero-order valence-electron chi connectivity index (χ0n) is 5.84. The van der Waals surface area contributed by atoms with Gasteiger partial charge in [-0.1, -0.05) is 0 Å². The standard InChI is InChI=1S/2C3H4NO.Cu/c2*1-2-5-3-4-1;/h2*1-2H2;. The summed E-state index contributed by atoms with van der Waals surface area (Å²) in [6.45, 7) is 2.89. The fraction of sp³-hybridized carbons (Fsp3) is 0.667. The molecule has 65 valence electrons. The molecule has 0 saturated heterocycles. The van der Waals surface area contributed by atoms with Crippen LogP contribution in [0.1, 0.15) is 0 Å². The van der Waals surface area contributed by atoms with Gasteiger partial charge in [-0.15, -0.1) is 0 Å². The molecule has 2 aliphatic rings. The van der Waals surface area contributed by atoms with Crippen LogP contribution >= 0.6 is 0 Å². The Hall–Kier alpha value is -0.541. The van der Waals surface area contributed by atoms with Gasteiger partial charge in [-0.25, -0.2) is 0 Å². The maximum atomic E-state index is 5.16. The second-order valence-corrected chi connectivity index (χ2v) is 3.02. The number of hydrogen-bond donors (Lipinski definition) is 0. The maximum absolute atomic E-state index is 5.16. The first-order valence-corrected chi connectivity index (χ1v) is 4.31. The molecule has 0 N–H and O–H groups in total. The summed E-state index contributed by atoms with van der Waals surface area (Å²) in [5.74, 6) is 0. The number of rotatable bonds is 2. The average molecular weight is 204 g/mol. The van der Waals surface area contributed by atoms with Gasteiger partial charge in [0, 0.05) is 0 Å². The van der Waals surface area contributed by atoms with Crippen LogP contribution in [0.25, 0.3) is 0 Å². The van der Waals surface area contributed by atoms with Crippen LogP contribution in [0, 0.1) is 0 Å². The summed E-state index contributed by atoms with van der Waals surface area (Å²) in [6, 6.07) is 0. The third-order valence-corrected chi connectivity index (χ3v) is 2.15. The van der Waals surface area contributed by atoms with Crippen molar-refractivity contribution < 1.29 is 24.4 Å². The molecule has 2 rings (SSSR count). The predicted octanol–water partition coefficient (Wildman–Crippen LogP) is -0.159. The molecule has 5 heteroatoms. The molecule has 0 spiro atoms. The van der Waals surface area contributed by atoms with Crippen LogP contribution in [-0.2, 0) is 24.4 Å². The fourth-order valence-electron chi connectivity index (χ4n) is 0.732. The third-order valence-electron chi connectivity index (χ3n) is 1.18. The van der Waals surface area contributed by atoms with Crippen LogP contribution < -0.4 is 0 Å². The van der Waals surface area contributed by atoms with Crippen molar-refractivity contribution in [3.05, 3.63) is 0 Å². The molecular formula is C6H8CuN2O2. The zero-order valence-corrected chi connectivity index (χ0v) is 6.78. The molecule has 2 aliphatic heterocycles. The molecule has 0 aromatic rings. The van der Waals surface area contributed by atoms with Gasteiger partial charge in [-0.05, 0) is 0 Å². The molecule has 0 aromatic carbocycles. The number of ether oxygens (including phenoxy) is 2. The number of aliphatic imine (C=N–C) groups is 2. The van der Waals surface area contributed by atoms with Gasteiger partial charge >= 0.3 is 70.3 Å². The summed E-state index contributed by atoms with van der Waals surface area (Å²) in [5, 5.41) is 0. The molecule has 0 saturated carbocycles. The van der Waals surface area contributed by atoms with E-state index in [1.807, 2.05) is 0 Å². The molecule has 0 unspecified atom stereocenters. The van der Waals surface area contributed by atoms with Gasteiger partial charge < -0.3 is 0 Å². The molecule has 4 nitrogen and oxygen atoms in total. The van der Waals surface area contributed by atoms with E-state index in [0.29, 0.717) is 22.8 Å². The first-order valence-electron chi connectivity index (χ1n) is 3.37. The van der Waals surface area contributed by atoms with Crippen LogP contribution in [-0.4, -0.2) is 35.9 Å². The minimum atomic E-state index is 0.675. The van der Waals surface area contributed by atoms with E-state index in [2.05, 4.69) is 9.98 Å². The van der Waals surface area contributed by atoms with E-state index in [9.17, 15) is 0 Å².